The molecule has 0 bridgehead atoms. The third-order valence-electron chi connectivity index (χ3n) is 2.59. The van der Waals surface area contributed by atoms with Crippen molar-refractivity contribution in [3.63, 3.8) is 0 Å². The standard InChI is InChI=1S/C9H13NO2/c1-6-3-7(4-6)8-5-10(2)9(11)12-8/h5-7H,3-4H2,1-2H3. The zero-order chi connectivity index (χ0) is 8.72. The predicted octanol–water partition coefficient (Wildman–Crippen LogP) is 1.49. The lowest BCUT2D eigenvalue weighted by Crippen LogP contribution is -2.18. The summed E-state index contributed by atoms with van der Waals surface area (Å²) in [5.74, 6) is 1.90. The van der Waals surface area contributed by atoms with Crippen LogP contribution < -0.4 is 5.76 Å². The van der Waals surface area contributed by atoms with Crippen molar-refractivity contribution >= 4 is 0 Å². The van der Waals surface area contributed by atoms with Crippen molar-refractivity contribution in [2.24, 2.45) is 13.0 Å². The molecule has 1 aliphatic carbocycles. The Bertz CT molecular complexity index is 331. The van der Waals surface area contributed by atoms with Gasteiger partial charge in [0, 0.05) is 19.2 Å². The molecule has 0 saturated heterocycles. The molecule has 1 aromatic heterocycles. The van der Waals surface area contributed by atoms with Crippen molar-refractivity contribution in [1.29, 1.82) is 0 Å². The Morgan fingerprint density at radius 3 is 2.67 bits per heavy atom. The van der Waals surface area contributed by atoms with E-state index in [9.17, 15) is 4.79 Å². The second-order valence-electron chi connectivity index (χ2n) is 3.78. The van der Waals surface area contributed by atoms with Crippen LogP contribution in [-0.2, 0) is 7.05 Å². The van der Waals surface area contributed by atoms with Gasteiger partial charge < -0.3 is 4.42 Å². The van der Waals surface area contributed by atoms with Crippen LogP contribution in [0.3, 0.4) is 0 Å². The van der Waals surface area contributed by atoms with Crippen molar-refractivity contribution in [2.75, 3.05) is 0 Å². The maximum absolute atomic E-state index is 11.0. The van der Waals surface area contributed by atoms with E-state index in [4.69, 9.17) is 4.42 Å². The molecule has 0 N–H and O–H groups in total. The van der Waals surface area contributed by atoms with Crippen LogP contribution in [-0.4, -0.2) is 4.57 Å². The molecule has 3 heteroatoms. The Morgan fingerprint density at radius 2 is 2.25 bits per heavy atom. The number of nitrogens with zero attached hydrogens (tertiary/aromatic N) is 1. The van der Waals surface area contributed by atoms with E-state index in [0.717, 1.165) is 24.5 Å². The number of oxazole rings is 1. The van der Waals surface area contributed by atoms with Crippen molar-refractivity contribution in [3.8, 4) is 0 Å². The van der Waals surface area contributed by atoms with Crippen molar-refractivity contribution in [2.45, 2.75) is 25.7 Å². The van der Waals surface area contributed by atoms with E-state index < -0.39 is 0 Å². The smallest absolute Gasteiger partial charge is 0.413 e. The Hall–Kier alpha value is -0.990. The molecule has 0 amide bonds. The molecule has 0 spiro atoms. The Morgan fingerprint density at radius 1 is 1.58 bits per heavy atom. The third-order valence-corrected chi connectivity index (χ3v) is 2.59. The summed E-state index contributed by atoms with van der Waals surface area (Å²) in [6.45, 7) is 2.22. The van der Waals surface area contributed by atoms with Crippen molar-refractivity contribution < 1.29 is 4.42 Å². The summed E-state index contributed by atoms with van der Waals surface area (Å²) in [6.07, 6.45) is 4.12. The maximum Gasteiger partial charge on any atom is 0.418 e. The fraction of sp³-hybridized carbons (Fsp3) is 0.667. The van der Waals surface area contributed by atoms with Crippen LogP contribution in [0.1, 0.15) is 31.4 Å². The van der Waals surface area contributed by atoms with Gasteiger partial charge in [0.25, 0.3) is 0 Å². The van der Waals surface area contributed by atoms with Crippen LogP contribution in [0.25, 0.3) is 0 Å². The van der Waals surface area contributed by atoms with E-state index in [1.54, 1.807) is 13.2 Å². The first kappa shape index (κ1) is 7.65. The molecule has 12 heavy (non-hydrogen) atoms. The molecule has 0 aromatic carbocycles. The lowest BCUT2D eigenvalue weighted by Gasteiger charge is -2.30. The molecular weight excluding hydrogens is 154 g/mol. The summed E-state index contributed by atoms with van der Waals surface area (Å²) in [4.78, 5) is 11.0. The molecular formula is C9H13NO2. The van der Waals surface area contributed by atoms with E-state index in [1.807, 2.05) is 0 Å². The van der Waals surface area contributed by atoms with Gasteiger partial charge in [0.2, 0.25) is 0 Å². The monoisotopic (exact) mass is 167 g/mol. The van der Waals surface area contributed by atoms with E-state index in [1.165, 1.54) is 4.57 Å². The van der Waals surface area contributed by atoms with Gasteiger partial charge in [-0.15, -0.1) is 0 Å². The molecule has 1 saturated carbocycles. The van der Waals surface area contributed by atoms with Gasteiger partial charge in [0.1, 0.15) is 5.76 Å². The van der Waals surface area contributed by atoms with Gasteiger partial charge >= 0.3 is 5.76 Å². The SMILES string of the molecule is CC1CC(c2cn(C)c(=O)o2)C1. The van der Waals surface area contributed by atoms with Crippen molar-refractivity contribution in [3.05, 3.63) is 22.5 Å². The molecule has 0 radical (unpaired) electrons. The fourth-order valence-corrected chi connectivity index (χ4v) is 1.77. The molecule has 3 nitrogen and oxygen atoms in total. The normalized spacial score (nSPS) is 28.5. The summed E-state index contributed by atoms with van der Waals surface area (Å²) < 4.78 is 6.57. The second-order valence-corrected chi connectivity index (χ2v) is 3.78. The highest BCUT2D eigenvalue weighted by molar-refractivity contribution is 5.05. The third kappa shape index (κ3) is 1.09. The Balaban J connectivity index is 2.19. The van der Waals surface area contributed by atoms with Gasteiger partial charge in [-0.2, -0.15) is 0 Å². The highest BCUT2D eigenvalue weighted by Gasteiger charge is 2.29. The minimum Gasteiger partial charge on any atom is -0.413 e. The molecule has 2 rings (SSSR count). The van der Waals surface area contributed by atoms with Crippen LogP contribution in [0.5, 0.6) is 0 Å². The lowest BCUT2D eigenvalue weighted by atomic mass is 9.75. The average Bonchev–Trinajstić information content (AvgIpc) is 2.26. The molecule has 66 valence electrons. The summed E-state index contributed by atoms with van der Waals surface area (Å²) in [5.41, 5.74) is 0. The van der Waals surface area contributed by atoms with E-state index >= 15 is 0 Å². The van der Waals surface area contributed by atoms with Gasteiger partial charge in [-0.05, 0) is 18.8 Å². The lowest BCUT2D eigenvalue weighted by molar-refractivity contribution is 0.249. The zero-order valence-electron chi connectivity index (χ0n) is 7.41. The Kier molecular flexibility index (Phi) is 1.60. The summed E-state index contributed by atoms with van der Waals surface area (Å²) in [7, 11) is 1.72. The van der Waals surface area contributed by atoms with Gasteiger partial charge in [-0.1, -0.05) is 6.92 Å². The first-order chi connectivity index (χ1) is 5.66. The topological polar surface area (TPSA) is 35.1 Å². The summed E-state index contributed by atoms with van der Waals surface area (Å²) in [5, 5.41) is 0. The largest absolute Gasteiger partial charge is 0.418 e. The molecule has 1 heterocycles. The van der Waals surface area contributed by atoms with E-state index in [-0.39, 0.29) is 5.76 Å². The van der Waals surface area contributed by atoms with Crippen LogP contribution in [0.15, 0.2) is 15.4 Å². The van der Waals surface area contributed by atoms with Gasteiger partial charge in [-0.3, -0.25) is 4.57 Å². The van der Waals surface area contributed by atoms with Crippen LogP contribution >= 0.6 is 0 Å². The number of rotatable bonds is 1. The predicted molar refractivity (Wildman–Crippen MR) is 45.1 cm³/mol. The first-order valence-corrected chi connectivity index (χ1v) is 4.33. The summed E-state index contributed by atoms with van der Waals surface area (Å²) >= 11 is 0. The highest BCUT2D eigenvalue weighted by Crippen LogP contribution is 2.40. The number of aromatic nitrogens is 1. The molecule has 0 aliphatic heterocycles. The maximum atomic E-state index is 11.0. The van der Waals surface area contributed by atoms with Crippen LogP contribution in [0.2, 0.25) is 0 Å². The zero-order valence-corrected chi connectivity index (χ0v) is 7.41. The quantitative estimate of drug-likeness (QED) is 0.635. The fourth-order valence-electron chi connectivity index (χ4n) is 1.77. The Labute approximate surface area is 71.0 Å². The molecule has 1 aliphatic rings. The summed E-state index contributed by atoms with van der Waals surface area (Å²) in [6, 6.07) is 0. The molecule has 0 unspecified atom stereocenters. The van der Waals surface area contributed by atoms with E-state index in [0.29, 0.717) is 5.92 Å². The highest BCUT2D eigenvalue weighted by atomic mass is 16.4. The van der Waals surface area contributed by atoms with Crippen molar-refractivity contribution in [1.82, 2.24) is 4.57 Å². The average molecular weight is 167 g/mol. The van der Waals surface area contributed by atoms with E-state index in [2.05, 4.69) is 6.92 Å². The number of hydrogen-bond donors (Lipinski definition) is 0. The van der Waals surface area contributed by atoms with Crippen LogP contribution in [0, 0.1) is 5.92 Å². The minimum atomic E-state index is -0.246. The van der Waals surface area contributed by atoms with Gasteiger partial charge in [-0.25, -0.2) is 4.79 Å². The van der Waals surface area contributed by atoms with Gasteiger partial charge in [0.05, 0.1) is 0 Å². The number of hydrogen-bond acceptors (Lipinski definition) is 2. The van der Waals surface area contributed by atoms with Crippen LogP contribution in [0.4, 0.5) is 0 Å². The minimum absolute atomic E-state index is 0.246. The first-order valence-electron chi connectivity index (χ1n) is 4.33. The molecule has 1 aromatic rings. The second kappa shape index (κ2) is 2.51. The number of aryl methyl sites for hydroxylation is 1. The van der Waals surface area contributed by atoms with Gasteiger partial charge in [0.15, 0.2) is 0 Å². The molecule has 1 fully saturated rings. The molecule has 0 atom stereocenters.